The average molecular weight is 763 g/mol. The molecule has 298 valence electrons. The van der Waals surface area contributed by atoms with Gasteiger partial charge in [0, 0.05) is 49.0 Å². The molecule has 1 fully saturated rings. The van der Waals surface area contributed by atoms with Gasteiger partial charge in [-0.3, -0.25) is 0 Å². The number of ether oxygens (including phenoxy) is 6. The van der Waals surface area contributed by atoms with E-state index in [0.29, 0.717) is 37.6 Å². The molecule has 55 heavy (non-hydrogen) atoms. The van der Waals surface area contributed by atoms with Crippen LogP contribution >= 0.6 is 0 Å². The molecule has 2 N–H and O–H groups in total. The fraction of sp³-hybridized carbons (Fsp3) is 0.488. The third-order valence-corrected chi connectivity index (χ3v) is 11.2. The summed E-state index contributed by atoms with van der Waals surface area (Å²) in [6.07, 6.45) is 5.16. The van der Waals surface area contributed by atoms with Crippen LogP contribution in [0.2, 0.25) is 0 Å². The number of carbonyl (C=O) groups excluding carboxylic acids is 2. The summed E-state index contributed by atoms with van der Waals surface area (Å²) in [5.74, 6) is 1.01. The number of benzene rings is 3. The zero-order chi connectivity index (χ0) is 39.3. The van der Waals surface area contributed by atoms with Crippen molar-refractivity contribution in [2.24, 2.45) is 0 Å². The van der Waals surface area contributed by atoms with Crippen LogP contribution in [0.5, 0.6) is 17.2 Å². The molecule has 12 nitrogen and oxygen atoms in total. The smallest absolute Gasteiger partial charge is 0.331 e. The molecule has 0 aliphatic carbocycles. The van der Waals surface area contributed by atoms with Crippen LogP contribution in [0.25, 0.3) is 0 Å². The number of likely N-dealkylation sites (N-methyl/N-ethyl adjacent to an activating group) is 1. The monoisotopic (exact) mass is 762 g/mol. The average Bonchev–Trinajstić information content (AvgIpc) is 3.21. The number of aliphatic hydroxyl groups excluding tert-OH is 2. The van der Waals surface area contributed by atoms with Crippen molar-refractivity contribution in [2.45, 2.75) is 51.5 Å². The standard InChI is InChI=1S/C43H58N2O10/c1-44(18-15-34-27-35(30-46)36(31-47)28-38(34)39(44)25-32-7-10-37(50-2)11-8-32)16-5-21-54-42(48)13-14-43(49)55-22-6-17-45(19-23-53-24-20-45)29-33-9-12-40(51-3)41(26-33)52-4/h7-14,26-28,39,46-47H,5-6,15-25,29-31H2,1-4H3/q+2/t39-,44-/m1/s1. The lowest BCUT2D eigenvalue weighted by molar-refractivity contribution is -0.947. The van der Waals surface area contributed by atoms with Crippen LogP contribution < -0.4 is 14.2 Å². The predicted octanol–water partition coefficient (Wildman–Crippen LogP) is 4.45. The molecular weight excluding hydrogens is 704 g/mol. The zero-order valence-electron chi connectivity index (χ0n) is 32.8. The zero-order valence-corrected chi connectivity index (χ0v) is 32.8. The molecule has 0 unspecified atom stereocenters. The van der Waals surface area contributed by atoms with Crippen molar-refractivity contribution in [3.8, 4) is 17.2 Å². The second-order valence-electron chi connectivity index (χ2n) is 14.7. The molecule has 2 heterocycles. The number of morpholine rings is 1. The Kier molecular flexibility index (Phi) is 15.1. The maximum Gasteiger partial charge on any atom is 0.331 e. The number of nitrogens with zero attached hydrogens (tertiary/aromatic N) is 2. The van der Waals surface area contributed by atoms with Gasteiger partial charge in [0.25, 0.3) is 0 Å². The lowest BCUT2D eigenvalue weighted by Crippen LogP contribution is -2.55. The van der Waals surface area contributed by atoms with Gasteiger partial charge in [0.05, 0.1) is 87.7 Å². The first-order chi connectivity index (χ1) is 26.6. The minimum absolute atomic E-state index is 0.0895. The quantitative estimate of drug-likeness (QED) is 0.0783. The van der Waals surface area contributed by atoms with E-state index in [4.69, 9.17) is 28.4 Å². The highest BCUT2D eigenvalue weighted by Gasteiger charge is 2.39. The van der Waals surface area contributed by atoms with E-state index in [1.54, 1.807) is 21.3 Å². The highest BCUT2D eigenvalue weighted by molar-refractivity contribution is 5.91. The normalized spacial score (nSPS) is 19.1. The lowest BCUT2D eigenvalue weighted by Gasteiger charge is -2.46. The summed E-state index contributed by atoms with van der Waals surface area (Å²) in [6.45, 7) is 6.50. The molecule has 0 aromatic heterocycles. The summed E-state index contributed by atoms with van der Waals surface area (Å²) in [5, 5.41) is 20.0. The first-order valence-electron chi connectivity index (χ1n) is 19.1. The summed E-state index contributed by atoms with van der Waals surface area (Å²) < 4.78 is 34.4. The fourth-order valence-electron chi connectivity index (χ4n) is 7.99. The number of hydrogen-bond acceptors (Lipinski definition) is 10. The van der Waals surface area contributed by atoms with Crippen molar-refractivity contribution in [2.75, 3.05) is 87.5 Å². The summed E-state index contributed by atoms with van der Waals surface area (Å²) in [6, 6.07) is 18.2. The Hall–Kier alpha value is -4.46. The minimum Gasteiger partial charge on any atom is -0.497 e. The molecule has 2 atom stereocenters. The van der Waals surface area contributed by atoms with Gasteiger partial charge in [-0.15, -0.1) is 0 Å². The van der Waals surface area contributed by atoms with Gasteiger partial charge in [-0.1, -0.05) is 18.2 Å². The molecule has 3 aromatic rings. The van der Waals surface area contributed by atoms with E-state index < -0.39 is 11.9 Å². The SMILES string of the molecule is COc1ccc(C[C@@H]2c3cc(CO)c(CO)cc3CC[N@@+]2(C)CCCOC(=O)C=CC(=O)OCCC[N+]2(Cc3ccc(OC)c(OC)c3)CCOCC2)cc1. The van der Waals surface area contributed by atoms with Crippen LogP contribution in [-0.2, 0) is 56.4 Å². The largest absolute Gasteiger partial charge is 0.497 e. The number of hydrogen-bond donors (Lipinski definition) is 2. The Morgan fingerprint density at radius 1 is 0.764 bits per heavy atom. The van der Waals surface area contributed by atoms with Gasteiger partial charge >= 0.3 is 11.9 Å². The molecule has 0 bridgehead atoms. The van der Waals surface area contributed by atoms with Crippen LogP contribution in [0.4, 0.5) is 0 Å². The summed E-state index contributed by atoms with van der Waals surface area (Å²) in [4.78, 5) is 25.0. The minimum atomic E-state index is -0.588. The maximum absolute atomic E-state index is 12.6. The van der Waals surface area contributed by atoms with Crippen LogP contribution in [-0.4, -0.2) is 119 Å². The molecule has 3 aromatic carbocycles. The van der Waals surface area contributed by atoms with E-state index in [0.717, 1.165) is 95.7 Å². The summed E-state index contributed by atoms with van der Waals surface area (Å²) >= 11 is 0. The van der Waals surface area contributed by atoms with Gasteiger partial charge in [-0.25, -0.2) is 9.59 Å². The predicted molar refractivity (Wildman–Crippen MR) is 207 cm³/mol. The highest BCUT2D eigenvalue weighted by atomic mass is 16.5. The molecule has 0 radical (unpaired) electrons. The maximum atomic E-state index is 12.6. The Morgan fingerprint density at radius 2 is 1.38 bits per heavy atom. The Morgan fingerprint density at radius 3 is 2.00 bits per heavy atom. The van der Waals surface area contributed by atoms with Crippen molar-refractivity contribution in [3.63, 3.8) is 0 Å². The Balaban J connectivity index is 1.10. The van der Waals surface area contributed by atoms with E-state index in [2.05, 4.69) is 31.3 Å². The van der Waals surface area contributed by atoms with Crippen LogP contribution in [0.1, 0.15) is 52.3 Å². The first-order valence-corrected chi connectivity index (χ1v) is 19.1. The molecular formula is C43H58N2O10+2. The second-order valence-corrected chi connectivity index (χ2v) is 14.7. The van der Waals surface area contributed by atoms with Crippen LogP contribution in [0, 0.1) is 0 Å². The number of methoxy groups -OCH3 is 3. The number of fused-ring (bicyclic) bond motifs is 1. The van der Waals surface area contributed by atoms with Gasteiger partial charge < -0.3 is 47.6 Å². The topological polar surface area (TPSA) is 130 Å². The molecule has 0 saturated carbocycles. The van der Waals surface area contributed by atoms with Gasteiger partial charge in [-0.05, 0) is 58.7 Å². The summed E-state index contributed by atoms with van der Waals surface area (Å²) in [5.41, 5.74) is 6.16. The molecule has 0 amide bonds. The third kappa shape index (κ3) is 11.1. The van der Waals surface area contributed by atoms with Crippen molar-refractivity contribution in [3.05, 3.63) is 100 Å². The van der Waals surface area contributed by atoms with Gasteiger partial charge in [0.1, 0.15) is 31.4 Å². The van der Waals surface area contributed by atoms with E-state index in [-0.39, 0.29) is 32.5 Å². The molecule has 1 saturated heterocycles. The van der Waals surface area contributed by atoms with Crippen LogP contribution in [0.3, 0.4) is 0 Å². The van der Waals surface area contributed by atoms with E-state index in [9.17, 15) is 19.8 Å². The fourth-order valence-corrected chi connectivity index (χ4v) is 7.99. The van der Waals surface area contributed by atoms with Gasteiger partial charge in [0.2, 0.25) is 0 Å². The number of aliphatic hydroxyl groups is 2. The first kappa shape index (κ1) is 41.7. The third-order valence-electron chi connectivity index (χ3n) is 11.2. The Labute approximate surface area is 325 Å². The van der Waals surface area contributed by atoms with Gasteiger partial charge in [0.15, 0.2) is 11.5 Å². The number of rotatable bonds is 19. The number of carbonyl (C=O) groups is 2. The molecule has 12 heteroatoms. The van der Waals surface area contributed by atoms with Crippen molar-refractivity contribution < 1.29 is 57.2 Å². The van der Waals surface area contributed by atoms with Crippen molar-refractivity contribution in [1.29, 1.82) is 0 Å². The molecule has 2 aliphatic rings. The van der Waals surface area contributed by atoms with E-state index >= 15 is 0 Å². The van der Waals surface area contributed by atoms with E-state index in [1.165, 1.54) is 16.7 Å². The highest BCUT2D eigenvalue weighted by Crippen LogP contribution is 2.39. The van der Waals surface area contributed by atoms with Crippen LogP contribution in [0.15, 0.2) is 66.7 Å². The number of quaternary nitrogens is 2. The second kappa shape index (κ2) is 19.9. The molecule has 2 aliphatic heterocycles. The molecule has 0 spiro atoms. The number of esters is 2. The Bertz CT molecular complexity index is 1750. The molecule has 5 rings (SSSR count). The van der Waals surface area contributed by atoms with E-state index in [1.807, 2.05) is 30.3 Å². The van der Waals surface area contributed by atoms with Gasteiger partial charge in [-0.2, -0.15) is 0 Å². The summed E-state index contributed by atoms with van der Waals surface area (Å²) in [7, 11) is 7.13. The van der Waals surface area contributed by atoms with Crippen molar-refractivity contribution >= 4 is 11.9 Å². The lowest BCUT2D eigenvalue weighted by atomic mass is 9.84. The van der Waals surface area contributed by atoms with Crippen molar-refractivity contribution in [1.82, 2.24) is 0 Å².